The van der Waals surface area contributed by atoms with Gasteiger partial charge in [-0.1, -0.05) is 17.7 Å². The Morgan fingerprint density at radius 1 is 1.33 bits per heavy atom. The molecule has 1 N–H and O–H groups in total. The average Bonchev–Trinajstić information content (AvgIpc) is 2.80. The maximum absolute atomic E-state index is 12.3. The molecule has 0 radical (unpaired) electrons. The van der Waals surface area contributed by atoms with Gasteiger partial charge in [0.2, 0.25) is 0 Å². The molecular formula is C14H12ClN5O. The van der Waals surface area contributed by atoms with Crippen molar-refractivity contribution >= 4 is 29.0 Å². The van der Waals surface area contributed by atoms with Crippen LogP contribution in [-0.4, -0.2) is 25.5 Å². The molecule has 1 amide bonds. The lowest BCUT2D eigenvalue weighted by atomic mass is 10.2. The van der Waals surface area contributed by atoms with Crippen LogP contribution in [0.5, 0.6) is 0 Å². The van der Waals surface area contributed by atoms with Crippen LogP contribution in [0.15, 0.2) is 30.5 Å². The molecule has 7 heteroatoms. The fourth-order valence-corrected chi connectivity index (χ4v) is 2.22. The standard InChI is InChI=1S/C14H12ClN5O/c1-8-12(7-16-14-17-9(2)19-20(8)14)13(21)18-11-5-3-4-10(15)6-11/h3-7H,1-2H3,(H,18,21). The maximum Gasteiger partial charge on any atom is 0.259 e. The second-order valence-electron chi connectivity index (χ2n) is 4.59. The first-order valence-electron chi connectivity index (χ1n) is 6.30. The van der Waals surface area contributed by atoms with Crippen molar-refractivity contribution in [2.75, 3.05) is 5.32 Å². The summed E-state index contributed by atoms with van der Waals surface area (Å²) in [6.45, 7) is 3.58. The molecule has 3 rings (SSSR count). The zero-order valence-corrected chi connectivity index (χ0v) is 12.2. The molecule has 0 atom stereocenters. The molecule has 0 saturated carbocycles. The van der Waals surface area contributed by atoms with E-state index < -0.39 is 0 Å². The Morgan fingerprint density at radius 2 is 2.14 bits per heavy atom. The highest BCUT2D eigenvalue weighted by Gasteiger charge is 2.14. The normalized spacial score (nSPS) is 10.8. The minimum atomic E-state index is -0.266. The van der Waals surface area contributed by atoms with Crippen LogP contribution in [0.25, 0.3) is 5.78 Å². The van der Waals surface area contributed by atoms with Crippen molar-refractivity contribution in [3.63, 3.8) is 0 Å². The molecule has 21 heavy (non-hydrogen) atoms. The number of fused-ring (bicyclic) bond motifs is 1. The van der Waals surface area contributed by atoms with E-state index in [2.05, 4.69) is 20.4 Å². The van der Waals surface area contributed by atoms with E-state index in [-0.39, 0.29) is 5.91 Å². The number of amides is 1. The minimum absolute atomic E-state index is 0.266. The first-order valence-corrected chi connectivity index (χ1v) is 6.68. The number of hydrogen-bond donors (Lipinski definition) is 1. The topological polar surface area (TPSA) is 72.2 Å². The summed E-state index contributed by atoms with van der Waals surface area (Å²) in [5.41, 5.74) is 1.74. The highest BCUT2D eigenvalue weighted by molar-refractivity contribution is 6.30. The van der Waals surface area contributed by atoms with E-state index >= 15 is 0 Å². The van der Waals surface area contributed by atoms with E-state index in [9.17, 15) is 4.79 Å². The van der Waals surface area contributed by atoms with Crippen LogP contribution < -0.4 is 5.32 Å². The number of aromatic nitrogens is 4. The van der Waals surface area contributed by atoms with Gasteiger partial charge in [-0.3, -0.25) is 4.79 Å². The molecule has 3 aromatic rings. The SMILES string of the molecule is Cc1nc2ncc(C(=O)Nc3cccc(Cl)c3)c(C)n2n1. The Kier molecular flexibility index (Phi) is 3.31. The van der Waals surface area contributed by atoms with E-state index in [1.807, 2.05) is 0 Å². The molecular weight excluding hydrogens is 290 g/mol. The molecule has 0 fully saturated rings. The van der Waals surface area contributed by atoms with Crippen LogP contribution >= 0.6 is 11.6 Å². The number of nitrogens with zero attached hydrogens (tertiary/aromatic N) is 4. The van der Waals surface area contributed by atoms with Gasteiger partial charge in [-0.25, -0.2) is 9.50 Å². The van der Waals surface area contributed by atoms with Crippen molar-refractivity contribution in [3.8, 4) is 0 Å². The molecule has 6 nitrogen and oxygen atoms in total. The highest BCUT2D eigenvalue weighted by atomic mass is 35.5. The molecule has 0 bridgehead atoms. The number of rotatable bonds is 2. The third kappa shape index (κ3) is 2.57. The summed E-state index contributed by atoms with van der Waals surface area (Å²) >= 11 is 5.90. The molecule has 1 aromatic carbocycles. The van der Waals surface area contributed by atoms with Gasteiger partial charge < -0.3 is 5.32 Å². The number of aryl methyl sites for hydroxylation is 2. The van der Waals surface area contributed by atoms with Gasteiger partial charge in [-0.05, 0) is 32.0 Å². The Morgan fingerprint density at radius 3 is 2.90 bits per heavy atom. The van der Waals surface area contributed by atoms with Crippen LogP contribution in [0.1, 0.15) is 21.9 Å². The third-order valence-electron chi connectivity index (χ3n) is 3.04. The van der Waals surface area contributed by atoms with E-state index in [4.69, 9.17) is 11.6 Å². The summed E-state index contributed by atoms with van der Waals surface area (Å²) in [6, 6.07) is 6.96. The summed E-state index contributed by atoms with van der Waals surface area (Å²) in [6.07, 6.45) is 1.50. The first kappa shape index (κ1) is 13.5. The van der Waals surface area contributed by atoms with Gasteiger partial charge in [0.15, 0.2) is 0 Å². The monoisotopic (exact) mass is 301 g/mol. The summed E-state index contributed by atoms with van der Waals surface area (Å²) < 4.78 is 1.56. The highest BCUT2D eigenvalue weighted by Crippen LogP contribution is 2.17. The Balaban J connectivity index is 1.96. The number of carbonyl (C=O) groups is 1. The molecule has 106 valence electrons. The van der Waals surface area contributed by atoms with Gasteiger partial charge in [-0.2, -0.15) is 10.1 Å². The maximum atomic E-state index is 12.3. The molecule has 2 aromatic heterocycles. The predicted molar refractivity (Wildman–Crippen MR) is 79.7 cm³/mol. The zero-order valence-electron chi connectivity index (χ0n) is 11.5. The van der Waals surface area contributed by atoms with Gasteiger partial charge in [0.05, 0.1) is 11.3 Å². The fourth-order valence-electron chi connectivity index (χ4n) is 2.03. The summed E-state index contributed by atoms with van der Waals surface area (Å²) in [7, 11) is 0. The Labute approximate surface area is 125 Å². The van der Waals surface area contributed by atoms with Crippen LogP contribution in [0.2, 0.25) is 5.02 Å². The van der Waals surface area contributed by atoms with E-state index in [1.54, 1.807) is 42.6 Å². The lowest BCUT2D eigenvalue weighted by molar-refractivity contribution is 0.102. The van der Waals surface area contributed by atoms with Crippen LogP contribution in [0.3, 0.4) is 0 Å². The average molecular weight is 302 g/mol. The molecule has 0 spiro atoms. The van der Waals surface area contributed by atoms with Crippen molar-refractivity contribution in [2.24, 2.45) is 0 Å². The molecule has 2 heterocycles. The number of anilines is 1. The van der Waals surface area contributed by atoms with Crippen LogP contribution in [0.4, 0.5) is 5.69 Å². The summed E-state index contributed by atoms with van der Waals surface area (Å²) in [4.78, 5) is 20.6. The van der Waals surface area contributed by atoms with Crippen molar-refractivity contribution in [1.29, 1.82) is 0 Å². The fraction of sp³-hybridized carbons (Fsp3) is 0.143. The van der Waals surface area contributed by atoms with E-state index in [0.717, 1.165) is 0 Å². The Hall–Kier alpha value is -2.47. The van der Waals surface area contributed by atoms with Crippen molar-refractivity contribution in [2.45, 2.75) is 13.8 Å². The second-order valence-corrected chi connectivity index (χ2v) is 5.03. The second kappa shape index (κ2) is 5.14. The van der Waals surface area contributed by atoms with Gasteiger partial charge in [0, 0.05) is 16.9 Å². The van der Waals surface area contributed by atoms with Crippen LogP contribution in [-0.2, 0) is 0 Å². The third-order valence-corrected chi connectivity index (χ3v) is 3.27. The summed E-state index contributed by atoms with van der Waals surface area (Å²) in [5.74, 6) is 0.819. The van der Waals surface area contributed by atoms with Crippen molar-refractivity contribution in [1.82, 2.24) is 19.6 Å². The lowest BCUT2D eigenvalue weighted by Gasteiger charge is -2.08. The van der Waals surface area contributed by atoms with Crippen molar-refractivity contribution < 1.29 is 4.79 Å². The minimum Gasteiger partial charge on any atom is -0.322 e. The first-order chi connectivity index (χ1) is 10.0. The van der Waals surface area contributed by atoms with E-state index in [1.165, 1.54) is 6.20 Å². The largest absolute Gasteiger partial charge is 0.322 e. The smallest absolute Gasteiger partial charge is 0.259 e. The Bertz CT molecular complexity index is 842. The molecule has 0 aliphatic heterocycles. The quantitative estimate of drug-likeness (QED) is 0.790. The van der Waals surface area contributed by atoms with Crippen molar-refractivity contribution in [3.05, 3.63) is 52.6 Å². The number of nitrogens with one attached hydrogen (secondary N) is 1. The molecule has 0 aliphatic carbocycles. The molecule has 0 aliphatic rings. The number of carbonyl (C=O) groups excluding carboxylic acids is 1. The van der Waals surface area contributed by atoms with Gasteiger partial charge in [0.25, 0.3) is 11.7 Å². The zero-order chi connectivity index (χ0) is 15.0. The molecule has 0 saturated heterocycles. The lowest BCUT2D eigenvalue weighted by Crippen LogP contribution is -2.16. The number of benzene rings is 1. The number of halogens is 1. The predicted octanol–water partition coefficient (Wildman–Crippen LogP) is 2.65. The summed E-state index contributed by atoms with van der Waals surface area (Å²) in [5, 5.41) is 7.57. The number of hydrogen-bond acceptors (Lipinski definition) is 4. The van der Waals surface area contributed by atoms with Gasteiger partial charge in [0.1, 0.15) is 5.82 Å². The van der Waals surface area contributed by atoms with Gasteiger partial charge in [-0.15, -0.1) is 0 Å². The molecule has 0 unspecified atom stereocenters. The van der Waals surface area contributed by atoms with Gasteiger partial charge >= 0.3 is 0 Å². The van der Waals surface area contributed by atoms with Crippen LogP contribution in [0, 0.1) is 13.8 Å². The van der Waals surface area contributed by atoms with E-state index in [0.29, 0.717) is 33.6 Å².